The van der Waals surface area contributed by atoms with E-state index in [9.17, 15) is 18.7 Å². The summed E-state index contributed by atoms with van der Waals surface area (Å²) in [4.78, 5) is 11.5. The zero-order valence-electron chi connectivity index (χ0n) is 11.7. The molecule has 1 saturated heterocycles. The van der Waals surface area contributed by atoms with Crippen molar-refractivity contribution in [2.24, 2.45) is 0 Å². The topological polar surface area (TPSA) is 49.3 Å². The van der Waals surface area contributed by atoms with Gasteiger partial charge >= 0.3 is 0 Å². The molecule has 1 aliphatic rings. The molecule has 114 valence electrons. The van der Waals surface area contributed by atoms with Crippen LogP contribution in [-0.2, 0) is 10.4 Å². The molecule has 0 bridgehead atoms. The first-order valence-electron chi connectivity index (χ1n) is 7.04. The first kappa shape index (κ1) is 14.7. The third-order valence-electron chi connectivity index (χ3n) is 4.07. The lowest BCUT2D eigenvalue weighted by Gasteiger charge is -2.35. The number of aliphatic hydroxyl groups is 1. The van der Waals surface area contributed by atoms with Crippen LogP contribution in [0, 0.1) is 11.6 Å². The highest BCUT2D eigenvalue weighted by molar-refractivity contribution is 5.79. The second kappa shape index (κ2) is 5.50. The summed E-state index contributed by atoms with van der Waals surface area (Å²) in [6, 6.07) is 10.4. The smallest absolute Gasteiger partial charge is 0.220 e. The lowest BCUT2D eigenvalue weighted by molar-refractivity contribution is -0.120. The summed E-state index contributed by atoms with van der Waals surface area (Å²) in [6.45, 7) is 0. The van der Waals surface area contributed by atoms with Crippen LogP contribution >= 0.6 is 0 Å². The molecule has 2 N–H and O–H groups in total. The van der Waals surface area contributed by atoms with Gasteiger partial charge in [0.1, 0.15) is 17.2 Å². The maximum absolute atomic E-state index is 13.2. The highest BCUT2D eigenvalue weighted by Crippen LogP contribution is 2.36. The van der Waals surface area contributed by atoms with Crippen molar-refractivity contribution in [3.05, 3.63) is 71.3 Å². The van der Waals surface area contributed by atoms with Gasteiger partial charge in [-0.05, 0) is 41.8 Å². The van der Waals surface area contributed by atoms with Crippen molar-refractivity contribution < 1.29 is 18.7 Å². The lowest BCUT2D eigenvalue weighted by atomic mass is 9.79. The van der Waals surface area contributed by atoms with Crippen molar-refractivity contribution in [3.8, 4) is 0 Å². The van der Waals surface area contributed by atoms with E-state index >= 15 is 0 Å². The van der Waals surface area contributed by atoms with Gasteiger partial charge in [-0.2, -0.15) is 0 Å². The standard InChI is InChI=1S/C17H15F2NO2/c18-13-5-1-11(2-6-13)17(22,15-9-10-16(21)20-15)12-3-7-14(19)8-4-12/h1-8,15,22H,9-10H2,(H,20,21)/t15-/m1/s1. The van der Waals surface area contributed by atoms with Gasteiger partial charge < -0.3 is 10.4 Å². The van der Waals surface area contributed by atoms with Crippen molar-refractivity contribution in [2.45, 2.75) is 24.5 Å². The number of benzene rings is 2. The third kappa shape index (κ3) is 2.48. The van der Waals surface area contributed by atoms with Crippen LogP contribution in [0.1, 0.15) is 24.0 Å². The van der Waals surface area contributed by atoms with Gasteiger partial charge in [0.2, 0.25) is 5.91 Å². The van der Waals surface area contributed by atoms with E-state index in [0.29, 0.717) is 24.0 Å². The lowest BCUT2D eigenvalue weighted by Crippen LogP contribution is -2.47. The molecule has 1 atom stereocenters. The Bertz CT molecular complexity index is 637. The molecule has 2 aromatic rings. The summed E-state index contributed by atoms with van der Waals surface area (Å²) in [5.74, 6) is -0.978. The molecule has 0 radical (unpaired) electrons. The SMILES string of the molecule is O=C1CC[C@H](C(O)(c2ccc(F)cc2)c2ccc(F)cc2)N1. The molecule has 22 heavy (non-hydrogen) atoms. The summed E-state index contributed by atoms with van der Waals surface area (Å²) in [6.07, 6.45) is 0.763. The number of carbonyl (C=O) groups is 1. The van der Waals surface area contributed by atoms with Crippen molar-refractivity contribution in [1.82, 2.24) is 5.32 Å². The number of carbonyl (C=O) groups excluding carboxylic acids is 1. The minimum Gasteiger partial charge on any atom is -0.378 e. The van der Waals surface area contributed by atoms with E-state index in [4.69, 9.17) is 0 Å². The fraction of sp³-hybridized carbons (Fsp3) is 0.235. The average molecular weight is 303 g/mol. The maximum Gasteiger partial charge on any atom is 0.220 e. The molecule has 2 aromatic carbocycles. The number of halogens is 2. The Labute approximate surface area is 126 Å². The molecule has 1 heterocycles. The zero-order valence-corrected chi connectivity index (χ0v) is 11.7. The van der Waals surface area contributed by atoms with E-state index in [-0.39, 0.29) is 5.91 Å². The number of hydrogen-bond acceptors (Lipinski definition) is 2. The van der Waals surface area contributed by atoms with E-state index < -0.39 is 23.3 Å². The fourth-order valence-electron chi connectivity index (χ4n) is 2.90. The van der Waals surface area contributed by atoms with Gasteiger partial charge in [-0.1, -0.05) is 24.3 Å². The minimum atomic E-state index is -1.53. The average Bonchev–Trinajstić information content (AvgIpc) is 2.95. The van der Waals surface area contributed by atoms with Gasteiger partial charge in [0.25, 0.3) is 0 Å². The molecule has 1 aliphatic heterocycles. The number of rotatable bonds is 3. The largest absolute Gasteiger partial charge is 0.378 e. The minimum absolute atomic E-state index is 0.146. The number of nitrogens with one attached hydrogen (secondary N) is 1. The summed E-state index contributed by atoms with van der Waals surface area (Å²) in [7, 11) is 0. The molecule has 0 saturated carbocycles. The highest BCUT2D eigenvalue weighted by atomic mass is 19.1. The van der Waals surface area contributed by atoms with Crippen LogP contribution in [-0.4, -0.2) is 17.1 Å². The molecule has 5 heteroatoms. The normalized spacial score (nSPS) is 18.3. The predicted molar refractivity (Wildman–Crippen MR) is 77.0 cm³/mol. The van der Waals surface area contributed by atoms with E-state index in [1.807, 2.05) is 0 Å². The van der Waals surface area contributed by atoms with Crippen LogP contribution in [0.5, 0.6) is 0 Å². The van der Waals surface area contributed by atoms with E-state index in [2.05, 4.69) is 5.32 Å². The Morgan fingerprint density at radius 3 is 1.77 bits per heavy atom. The van der Waals surface area contributed by atoms with Crippen LogP contribution < -0.4 is 5.32 Å². The Hall–Kier alpha value is -2.27. The van der Waals surface area contributed by atoms with Gasteiger partial charge in [0, 0.05) is 6.42 Å². The molecular weight excluding hydrogens is 288 g/mol. The second-order valence-corrected chi connectivity index (χ2v) is 5.44. The van der Waals surface area contributed by atoms with Crippen molar-refractivity contribution in [3.63, 3.8) is 0 Å². The van der Waals surface area contributed by atoms with Gasteiger partial charge in [-0.3, -0.25) is 4.79 Å². The first-order chi connectivity index (χ1) is 10.5. The Balaban J connectivity index is 2.10. The van der Waals surface area contributed by atoms with Gasteiger partial charge in [-0.25, -0.2) is 8.78 Å². The number of hydrogen-bond donors (Lipinski definition) is 2. The van der Waals surface area contributed by atoms with Crippen molar-refractivity contribution >= 4 is 5.91 Å². The summed E-state index contributed by atoms with van der Waals surface area (Å²) in [5.41, 5.74) is -0.631. The van der Waals surface area contributed by atoms with Crippen LogP contribution in [0.15, 0.2) is 48.5 Å². The summed E-state index contributed by atoms with van der Waals surface area (Å²) >= 11 is 0. The Morgan fingerprint density at radius 1 is 0.955 bits per heavy atom. The zero-order chi connectivity index (χ0) is 15.7. The highest BCUT2D eigenvalue weighted by Gasteiger charge is 2.43. The molecule has 1 fully saturated rings. The molecule has 3 rings (SSSR count). The number of amides is 1. The second-order valence-electron chi connectivity index (χ2n) is 5.44. The van der Waals surface area contributed by atoms with Gasteiger partial charge in [-0.15, -0.1) is 0 Å². The van der Waals surface area contributed by atoms with Crippen molar-refractivity contribution in [2.75, 3.05) is 0 Å². The van der Waals surface area contributed by atoms with E-state index in [1.165, 1.54) is 48.5 Å². The molecular formula is C17H15F2NO2. The molecule has 0 aliphatic carbocycles. The third-order valence-corrected chi connectivity index (χ3v) is 4.07. The van der Waals surface area contributed by atoms with Gasteiger partial charge in [0.15, 0.2) is 0 Å². The van der Waals surface area contributed by atoms with Crippen LogP contribution in [0.3, 0.4) is 0 Å². The van der Waals surface area contributed by atoms with Crippen molar-refractivity contribution in [1.29, 1.82) is 0 Å². The van der Waals surface area contributed by atoms with E-state index in [0.717, 1.165) is 0 Å². The first-order valence-corrected chi connectivity index (χ1v) is 7.04. The molecule has 0 spiro atoms. The fourth-order valence-corrected chi connectivity index (χ4v) is 2.90. The monoisotopic (exact) mass is 303 g/mol. The molecule has 1 amide bonds. The van der Waals surface area contributed by atoms with Crippen LogP contribution in [0.25, 0.3) is 0 Å². The Kier molecular flexibility index (Phi) is 3.66. The van der Waals surface area contributed by atoms with Crippen LogP contribution in [0.4, 0.5) is 8.78 Å². The Morgan fingerprint density at radius 2 is 1.41 bits per heavy atom. The maximum atomic E-state index is 13.2. The quantitative estimate of drug-likeness (QED) is 0.915. The summed E-state index contributed by atoms with van der Waals surface area (Å²) < 4.78 is 26.3. The van der Waals surface area contributed by atoms with E-state index in [1.54, 1.807) is 0 Å². The summed E-state index contributed by atoms with van der Waals surface area (Å²) in [5, 5.41) is 14.0. The molecule has 0 aromatic heterocycles. The predicted octanol–water partition coefficient (Wildman–Crippen LogP) is 2.48. The molecule has 3 nitrogen and oxygen atoms in total. The van der Waals surface area contributed by atoms with Crippen LogP contribution in [0.2, 0.25) is 0 Å². The van der Waals surface area contributed by atoms with Gasteiger partial charge in [0.05, 0.1) is 6.04 Å². The molecule has 0 unspecified atom stereocenters.